The average molecular weight is 278 g/mol. The Kier molecular flexibility index (Phi) is 4.40. The molecule has 0 aliphatic carbocycles. The van der Waals surface area contributed by atoms with Crippen molar-refractivity contribution in [2.75, 3.05) is 0 Å². The molecule has 0 aromatic carbocycles. The molecule has 2 amide bonds. The van der Waals surface area contributed by atoms with E-state index >= 15 is 0 Å². The molecular weight excluding hydrogens is 264 g/mol. The van der Waals surface area contributed by atoms with Gasteiger partial charge in [-0.1, -0.05) is 6.07 Å². The molecule has 100 valence electrons. The summed E-state index contributed by atoms with van der Waals surface area (Å²) in [5.41, 5.74) is 5.56. The molecule has 0 fully saturated rings. The van der Waals surface area contributed by atoms with Gasteiger partial charge in [-0.15, -0.1) is 11.3 Å². The zero-order valence-corrected chi connectivity index (χ0v) is 11.2. The third-order valence-electron chi connectivity index (χ3n) is 2.75. The van der Waals surface area contributed by atoms with Crippen molar-refractivity contribution in [3.63, 3.8) is 0 Å². The molecule has 1 aromatic heterocycles. The number of nitrogens with one attached hydrogen (secondary N) is 2. The monoisotopic (exact) mass is 278 g/mol. The summed E-state index contributed by atoms with van der Waals surface area (Å²) in [4.78, 5) is 23.9. The fourth-order valence-corrected chi connectivity index (χ4v) is 2.28. The topological polar surface area (TPSA) is 82.9 Å². The van der Waals surface area contributed by atoms with Gasteiger partial charge in [0.25, 0.3) is 0 Å². The predicted octanol–water partition coefficient (Wildman–Crippen LogP) is 1.10. The molecule has 0 saturated carbocycles. The zero-order valence-electron chi connectivity index (χ0n) is 10.4. The van der Waals surface area contributed by atoms with Crippen molar-refractivity contribution >= 4 is 35.1 Å². The van der Waals surface area contributed by atoms with Crippen molar-refractivity contribution in [3.8, 4) is 0 Å². The van der Waals surface area contributed by atoms with Crippen LogP contribution in [0.5, 0.6) is 0 Å². The van der Waals surface area contributed by atoms with Crippen LogP contribution in [0.1, 0.15) is 24.6 Å². The lowest BCUT2D eigenvalue weighted by Crippen LogP contribution is -2.25. The summed E-state index contributed by atoms with van der Waals surface area (Å²) in [6, 6.07) is 3.82. The highest BCUT2D eigenvalue weighted by molar-refractivity contribution is 7.11. The first-order chi connectivity index (χ1) is 9.16. The molecule has 0 saturated heterocycles. The largest absolute Gasteiger partial charge is 0.273 e. The number of carbonyl (C=O) groups excluding carboxylic acids is 2. The van der Waals surface area contributed by atoms with Crippen LogP contribution in [0.2, 0.25) is 0 Å². The van der Waals surface area contributed by atoms with E-state index in [1.807, 2.05) is 17.5 Å². The average Bonchev–Trinajstić information content (AvgIpc) is 2.99. The van der Waals surface area contributed by atoms with E-state index in [9.17, 15) is 9.59 Å². The molecule has 1 aromatic rings. The highest BCUT2D eigenvalue weighted by atomic mass is 32.1. The van der Waals surface area contributed by atoms with E-state index in [0.29, 0.717) is 6.42 Å². The van der Waals surface area contributed by atoms with E-state index < -0.39 is 0 Å². The maximum atomic E-state index is 11.5. The first-order valence-electron chi connectivity index (χ1n) is 5.86. The van der Waals surface area contributed by atoms with Crippen LogP contribution in [0.4, 0.5) is 0 Å². The maximum Gasteiger partial charge on any atom is 0.248 e. The zero-order chi connectivity index (χ0) is 13.7. The van der Waals surface area contributed by atoms with Crippen LogP contribution in [0.25, 0.3) is 0 Å². The first-order valence-corrected chi connectivity index (χ1v) is 6.74. The van der Waals surface area contributed by atoms with Gasteiger partial charge in [0.1, 0.15) is 0 Å². The van der Waals surface area contributed by atoms with Gasteiger partial charge in [-0.25, -0.2) is 10.9 Å². The molecule has 2 N–H and O–H groups in total. The third-order valence-corrected chi connectivity index (χ3v) is 3.55. The Balaban J connectivity index is 1.73. The highest BCUT2D eigenvalue weighted by Crippen LogP contribution is 2.13. The number of hydrazone groups is 2. The Morgan fingerprint density at radius 1 is 1.68 bits per heavy atom. The van der Waals surface area contributed by atoms with Gasteiger partial charge in [0.15, 0.2) is 0 Å². The Morgan fingerprint density at radius 2 is 2.53 bits per heavy atom. The van der Waals surface area contributed by atoms with Crippen molar-refractivity contribution in [1.29, 1.82) is 0 Å². The van der Waals surface area contributed by atoms with Crippen molar-refractivity contribution in [3.05, 3.63) is 22.4 Å². The lowest BCUT2D eigenvalue weighted by atomic mass is 9.99. The molecule has 0 unspecified atom stereocenters. The van der Waals surface area contributed by atoms with Crippen LogP contribution in [0.15, 0.2) is 27.7 Å². The molecule has 1 aliphatic heterocycles. The van der Waals surface area contributed by atoms with Crippen molar-refractivity contribution in [2.45, 2.75) is 19.8 Å². The smallest absolute Gasteiger partial charge is 0.248 e. The Labute approximate surface area is 114 Å². The molecule has 0 bridgehead atoms. The fraction of sp³-hybridized carbons (Fsp3) is 0.333. The van der Waals surface area contributed by atoms with Gasteiger partial charge in [-0.2, -0.15) is 10.2 Å². The van der Waals surface area contributed by atoms with Gasteiger partial charge in [-0.05, 0) is 24.8 Å². The Hall–Kier alpha value is -2.02. The summed E-state index contributed by atoms with van der Waals surface area (Å²) < 4.78 is 0. The normalized spacial score (nSPS) is 18.5. The van der Waals surface area contributed by atoms with Crippen LogP contribution in [0.3, 0.4) is 0 Å². The van der Waals surface area contributed by atoms with Crippen molar-refractivity contribution < 1.29 is 9.59 Å². The van der Waals surface area contributed by atoms with E-state index in [1.54, 1.807) is 13.1 Å². The van der Waals surface area contributed by atoms with Gasteiger partial charge in [0.05, 0.1) is 12.1 Å². The number of carbonyl (C=O) groups is 2. The minimum atomic E-state index is -0.299. The molecule has 0 radical (unpaired) electrons. The molecule has 2 heterocycles. The van der Waals surface area contributed by atoms with Crippen LogP contribution in [-0.2, 0) is 9.59 Å². The van der Waals surface area contributed by atoms with Crippen LogP contribution in [-0.4, -0.2) is 23.7 Å². The molecule has 19 heavy (non-hydrogen) atoms. The SMILES string of the molecule is CC1=NNC(=O)[C@H]1CCC(=O)N/N=C\c1cccs1. The second kappa shape index (κ2) is 6.24. The van der Waals surface area contributed by atoms with Crippen LogP contribution in [0, 0.1) is 5.92 Å². The molecule has 1 aliphatic rings. The summed E-state index contributed by atoms with van der Waals surface area (Å²) >= 11 is 1.54. The molecule has 6 nitrogen and oxygen atoms in total. The number of hydrogen-bond donors (Lipinski definition) is 2. The Morgan fingerprint density at radius 3 is 3.16 bits per heavy atom. The van der Waals surface area contributed by atoms with E-state index in [1.165, 1.54) is 11.3 Å². The van der Waals surface area contributed by atoms with Crippen molar-refractivity contribution in [1.82, 2.24) is 10.9 Å². The molecule has 2 rings (SSSR count). The fourth-order valence-electron chi connectivity index (χ4n) is 1.69. The molecular formula is C12H14N4O2S. The number of hydrogen-bond acceptors (Lipinski definition) is 5. The number of nitrogens with zero attached hydrogens (tertiary/aromatic N) is 2. The van der Waals surface area contributed by atoms with Crippen molar-refractivity contribution in [2.24, 2.45) is 16.1 Å². The summed E-state index contributed by atoms with van der Waals surface area (Å²) in [6.07, 6.45) is 2.28. The summed E-state index contributed by atoms with van der Waals surface area (Å²) in [7, 11) is 0. The highest BCUT2D eigenvalue weighted by Gasteiger charge is 2.26. The molecule has 0 spiro atoms. The molecule has 7 heteroatoms. The Bertz CT molecular complexity index is 522. The summed E-state index contributed by atoms with van der Waals surface area (Å²) in [5, 5.41) is 9.62. The number of thiophene rings is 1. The van der Waals surface area contributed by atoms with Gasteiger partial charge in [0, 0.05) is 17.0 Å². The third kappa shape index (κ3) is 3.72. The molecule has 1 atom stereocenters. The van der Waals surface area contributed by atoms with E-state index in [2.05, 4.69) is 21.1 Å². The van der Waals surface area contributed by atoms with Crippen LogP contribution < -0.4 is 10.9 Å². The lowest BCUT2D eigenvalue weighted by molar-refractivity contribution is -0.123. The van der Waals surface area contributed by atoms with Gasteiger partial charge < -0.3 is 0 Å². The predicted molar refractivity (Wildman–Crippen MR) is 74.0 cm³/mol. The van der Waals surface area contributed by atoms with E-state index in [0.717, 1.165) is 10.6 Å². The van der Waals surface area contributed by atoms with Gasteiger partial charge >= 0.3 is 0 Å². The van der Waals surface area contributed by atoms with E-state index in [-0.39, 0.29) is 24.2 Å². The summed E-state index contributed by atoms with van der Waals surface area (Å²) in [6.45, 7) is 1.77. The number of rotatable bonds is 5. The lowest BCUT2D eigenvalue weighted by Gasteiger charge is -2.05. The van der Waals surface area contributed by atoms with Crippen LogP contribution >= 0.6 is 11.3 Å². The van der Waals surface area contributed by atoms with E-state index in [4.69, 9.17) is 0 Å². The standard InChI is InChI=1S/C12H14N4O2S/c1-8-10(12(18)16-14-8)4-5-11(17)15-13-7-9-3-2-6-19-9/h2-3,6-7,10H,4-5H2,1H3,(H,15,17)(H,16,18)/b13-7-/t10-/m0/s1. The van der Waals surface area contributed by atoms with Gasteiger partial charge in [0.2, 0.25) is 11.8 Å². The van der Waals surface area contributed by atoms with Gasteiger partial charge in [-0.3, -0.25) is 9.59 Å². The second-order valence-electron chi connectivity index (χ2n) is 4.13. The minimum absolute atomic E-state index is 0.146. The first kappa shape index (κ1) is 13.4. The quantitative estimate of drug-likeness (QED) is 0.624. The maximum absolute atomic E-state index is 11.5. The minimum Gasteiger partial charge on any atom is -0.273 e. The second-order valence-corrected chi connectivity index (χ2v) is 5.11. The summed E-state index contributed by atoms with van der Waals surface area (Å²) in [5.74, 6) is -0.653. The number of amides is 2.